The molecule has 0 aliphatic carbocycles. The third kappa shape index (κ3) is 5.87. The number of rotatable bonds is 8. The van der Waals surface area contributed by atoms with Gasteiger partial charge in [0.1, 0.15) is 0 Å². The maximum atomic E-state index is 11.8. The SMILES string of the molecule is CCC(NC(=O)CCCCC(=O)O)c1ccc(C)cc1. The summed E-state index contributed by atoms with van der Waals surface area (Å²) in [6, 6.07) is 8.18. The fraction of sp³-hybridized carbons (Fsp3) is 0.500. The number of benzene rings is 1. The first kappa shape index (κ1) is 16.2. The van der Waals surface area contributed by atoms with E-state index in [9.17, 15) is 9.59 Å². The first-order valence-electron chi connectivity index (χ1n) is 7.10. The lowest BCUT2D eigenvalue weighted by molar-refractivity contribution is -0.137. The molecular weight excluding hydrogens is 254 g/mol. The number of hydrogen-bond acceptors (Lipinski definition) is 2. The fourth-order valence-electron chi connectivity index (χ4n) is 2.05. The van der Waals surface area contributed by atoms with Crippen molar-refractivity contribution in [3.63, 3.8) is 0 Å². The van der Waals surface area contributed by atoms with Crippen LogP contribution in [-0.2, 0) is 9.59 Å². The topological polar surface area (TPSA) is 66.4 Å². The molecule has 0 saturated carbocycles. The van der Waals surface area contributed by atoms with Crippen LogP contribution in [0.2, 0.25) is 0 Å². The Morgan fingerprint density at radius 3 is 2.30 bits per heavy atom. The van der Waals surface area contributed by atoms with Crippen molar-refractivity contribution in [2.24, 2.45) is 0 Å². The second-order valence-electron chi connectivity index (χ2n) is 5.04. The molecule has 0 aliphatic heterocycles. The van der Waals surface area contributed by atoms with Crippen LogP contribution in [0.5, 0.6) is 0 Å². The molecule has 4 nitrogen and oxygen atoms in total. The highest BCUT2D eigenvalue weighted by Crippen LogP contribution is 2.17. The van der Waals surface area contributed by atoms with E-state index in [0.717, 1.165) is 12.0 Å². The number of hydrogen-bond donors (Lipinski definition) is 2. The summed E-state index contributed by atoms with van der Waals surface area (Å²) in [5.41, 5.74) is 2.31. The molecule has 0 saturated heterocycles. The quantitative estimate of drug-likeness (QED) is 0.717. The Morgan fingerprint density at radius 2 is 1.75 bits per heavy atom. The minimum absolute atomic E-state index is 0.0113. The van der Waals surface area contributed by atoms with Crippen molar-refractivity contribution in [2.75, 3.05) is 0 Å². The van der Waals surface area contributed by atoms with Gasteiger partial charge in [-0.15, -0.1) is 0 Å². The number of carbonyl (C=O) groups excluding carboxylic acids is 1. The van der Waals surface area contributed by atoms with Crippen LogP contribution in [-0.4, -0.2) is 17.0 Å². The third-order valence-corrected chi connectivity index (χ3v) is 3.27. The molecule has 0 radical (unpaired) electrons. The van der Waals surface area contributed by atoms with Gasteiger partial charge in [0.25, 0.3) is 0 Å². The van der Waals surface area contributed by atoms with Gasteiger partial charge in [-0.2, -0.15) is 0 Å². The Labute approximate surface area is 120 Å². The minimum Gasteiger partial charge on any atom is -0.481 e. The summed E-state index contributed by atoms with van der Waals surface area (Å²) >= 11 is 0. The molecule has 1 unspecified atom stereocenters. The van der Waals surface area contributed by atoms with Crippen LogP contribution in [0.25, 0.3) is 0 Å². The van der Waals surface area contributed by atoms with E-state index in [1.165, 1.54) is 5.56 Å². The Balaban J connectivity index is 2.41. The van der Waals surface area contributed by atoms with Crippen LogP contribution in [0.4, 0.5) is 0 Å². The van der Waals surface area contributed by atoms with Crippen molar-refractivity contribution in [2.45, 2.75) is 52.0 Å². The second-order valence-corrected chi connectivity index (χ2v) is 5.04. The van der Waals surface area contributed by atoms with E-state index in [0.29, 0.717) is 19.3 Å². The third-order valence-electron chi connectivity index (χ3n) is 3.27. The zero-order valence-corrected chi connectivity index (χ0v) is 12.2. The first-order valence-corrected chi connectivity index (χ1v) is 7.10. The zero-order chi connectivity index (χ0) is 15.0. The van der Waals surface area contributed by atoms with E-state index < -0.39 is 5.97 Å². The van der Waals surface area contributed by atoms with E-state index in [1.807, 2.05) is 38.1 Å². The molecule has 20 heavy (non-hydrogen) atoms. The van der Waals surface area contributed by atoms with Gasteiger partial charge in [-0.1, -0.05) is 36.8 Å². The van der Waals surface area contributed by atoms with Crippen molar-refractivity contribution in [1.82, 2.24) is 5.32 Å². The highest BCUT2D eigenvalue weighted by Gasteiger charge is 2.12. The predicted octanol–water partition coefficient (Wildman–Crippen LogP) is 3.21. The summed E-state index contributed by atoms with van der Waals surface area (Å²) in [4.78, 5) is 22.2. The fourth-order valence-corrected chi connectivity index (χ4v) is 2.05. The lowest BCUT2D eigenvalue weighted by Gasteiger charge is -2.17. The molecule has 0 fully saturated rings. The van der Waals surface area contributed by atoms with Gasteiger partial charge in [0, 0.05) is 12.8 Å². The molecule has 1 aromatic carbocycles. The molecule has 1 aromatic rings. The summed E-state index contributed by atoms with van der Waals surface area (Å²) < 4.78 is 0. The summed E-state index contributed by atoms with van der Waals surface area (Å²) in [6.45, 7) is 4.07. The number of carbonyl (C=O) groups is 2. The highest BCUT2D eigenvalue weighted by atomic mass is 16.4. The number of aliphatic carboxylic acids is 1. The molecule has 0 aliphatic rings. The number of unbranched alkanes of at least 4 members (excludes halogenated alkanes) is 1. The van der Waals surface area contributed by atoms with E-state index >= 15 is 0 Å². The van der Waals surface area contributed by atoms with E-state index in [1.54, 1.807) is 0 Å². The average molecular weight is 277 g/mol. The maximum Gasteiger partial charge on any atom is 0.303 e. The molecular formula is C16H23NO3. The number of carboxylic acids is 1. The molecule has 0 heterocycles. The Bertz CT molecular complexity index is 440. The predicted molar refractivity (Wildman–Crippen MR) is 78.5 cm³/mol. The van der Waals surface area contributed by atoms with Gasteiger partial charge in [0.2, 0.25) is 5.91 Å². The molecule has 110 valence electrons. The van der Waals surface area contributed by atoms with Gasteiger partial charge < -0.3 is 10.4 Å². The minimum atomic E-state index is -0.809. The van der Waals surface area contributed by atoms with Crippen LogP contribution in [0.15, 0.2) is 24.3 Å². The standard InChI is InChI=1S/C16H23NO3/c1-3-14(13-10-8-12(2)9-11-13)17-15(18)6-4-5-7-16(19)20/h8-11,14H,3-7H2,1-2H3,(H,17,18)(H,19,20). The number of nitrogens with one attached hydrogen (secondary N) is 1. The lowest BCUT2D eigenvalue weighted by Crippen LogP contribution is -2.27. The van der Waals surface area contributed by atoms with Gasteiger partial charge in [0.05, 0.1) is 6.04 Å². The smallest absolute Gasteiger partial charge is 0.303 e. The Hall–Kier alpha value is -1.84. The van der Waals surface area contributed by atoms with Crippen LogP contribution in [0.3, 0.4) is 0 Å². The van der Waals surface area contributed by atoms with E-state index in [4.69, 9.17) is 5.11 Å². The molecule has 0 aromatic heterocycles. The van der Waals surface area contributed by atoms with Crippen LogP contribution in [0, 0.1) is 6.92 Å². The zero-order valence-electron chi connectivity index (χ0n) is 12.2. The van der Waals surface area contributed by atoms with Crippen molar-refractivity contribution in [3.05, 3.63) is 35.4 Å². The van der Waals surface area contributed by atoms with Gasteiger partial charge in [-0.3, -0.25) is 9.59 Å². The van der Waals surface area contributed by atoms with Crippen molar-refractivity contribution in [1.29, 1.82) is 0 Å². The van der Waals surface area contributed by atoms with E-state index in [-0.39, 0.29) is 18.4 Å². The summed E-state index contributed by atoms with van der Waals surface area (Å²) in [5.74, 6) is -0.820. The molecule has 1 atom stereocenters. The molecule has 0 spiro atoms. The van der Waals surface area contributed by atoms with Crippen LogP contribution < -0.4 is 5.32 Å². The van der Waals surface area contributed by atoms with Gasteiger partial charge in [0.15, 0.2) is 0 Å². The Morgan fingerprint density at radius 1 is 1.15 bits per heavy atom. The second kappa shape index (κ2) is 8.35. The highest BCUT2D eigenvalue weighted by molar-refractivity contribution is 5.76. The molecule has 4 heteroatoms. The van der Waals surface area contributed by atoms with Gasteiger partial charge >= 0.3 is 5.97 Å². The van der Waals surface area contributed by atoms with Gasteiger partial charge in [-0.25, -0.2) is 0 Å². The molecule has 0 bridgehead atoms. The summed E-state index contributed by atoms with van der Waals surface area (Å²) in [5, 5.41) is 11.5. The van der Waals surface area contributed by atoms with Crippen molar-refractivity contribution in [3.8, 4) is 0 Å². The largest absolute Gasteiger partial charge is 0.481 e. The number of aryl methyl sites for hydroxylation is 1. The van der Waals surface area contributed by atoms with Crippen LogP contribution >= 0.6 is 0 Å². The normalized spacial score (nSPS) is 11.9. The lowest BCUT2D eigenvalue weighted by atomic mass is 10.0. The first-order chi connectivity index (χ1) is 9.52. The molecule has 2 N–H and O–H groups in total. The van der Waals surface area contributed by atoms with E-state index in [2.05, 4.69) is 5.32 Å². The maximum absolute atomic E-state index is 11.8. The Kier molecular flexibility index (Phi) is 6.77. The molecule has 1 amide bonds. The van der Waals surface area contributed by atoms with Crippen molar-refractivity contribution < 1.29 is 14.7 Å². The molecule has 1 rings (SSSR count). The summed E-state index contributed by atoms with van der Waals surface area (Å²) in [7, 11) is 0. The van der Waals surface area contributed by atoms with Crippen LogP contribution in [0.1, 0.15) is 56.2 Å². The van der Waals surface area contributed by atoms with Crippen molar-refractivity contribution >= 4 is 11.9 Å². The number of carboxylic acid groups (broad SMARTS) is 1. The average Bonchev–Trinajstić information content (AvgIpc) is 2.42. The number of amides is 1. The monoisotopic (exact) mass is 277 g/mol. The van der Waals surface area contributed by atoms with Gasteiger partial charge in [-0.05, 0) is 31.7 Å². The summed E-state index contributed by atoms with van der Waals surface area (Å²) in [6.07, 6.45) is 2.51.